The molecule has 0 saturated heterocycles. The largest absolute Gasteiger partial charge is 0.469 e. The lowest BCUT2D eigenvalue weighted by molar-refractivity contribution is -0.141. The van der Waals surface area contributed by atoms with Crippen molar-refractivity contribution in [2.75, 3.05) is 18.7 Å². The monoisotopic (exact) mass is 286 g/mol. The van der Waals surface area contributed by atoms with E-state index in [1.165, 1.54) is 19.2 Å². The normalized spacial score (nSPS) is 10.8. The Morgan fingerprint density at radius 3 is 2.47 bits per heavy atom. The molecule has 0 spiro atoms. The molecule has 1 rings (SSSR count). The van der Waals surface area contributed by atoms with Crippen LogP contribution in [0.1, 0.15) is 12.8 Å². The van der Waals surface area contributed by atoms with Crippen molar-refractivity contribution in [1.82, 2.24) is 4.98 Å². The summed E-state index contributed by atoms with van der Waals surface area (Å²) in [6.45, 7) is 0. The van der Waals surface area contributed by atoms with E-state index in [0.717, 1.165) is 12.5 Å². The summed E-state index contributed by atoms with van der Waals surface area (Å²) >= 11 is 0. The molecule has 0 atom stereocenters. The first-order valence-electron chi connectivity index (χ1n) is 5.35. The van der Waals surface area contributed by atoms with Gasteiger partial charge in [0.1, 0.15) is 5.82 Å². The predicted molar refractivity (Wildman–Crippen MR) is 67.2 cm³/mol. The average Bonchev–Trinajstić information content (AvgIpc) is 2.35. The van der Waals surface area contributed by atoms with Crippen LogP contribution in [0.3, 0.4) is 0 Å². The van der Waals surface area contributed by atoms with Crippen molar-refractivity contribution < 1.29 is 22.7 Å². The number of rotatable bonds is 5. The zero-order valence-corrected chi connectivity index (χ0v) is 11.4. The lowest BCUT2D eigenvalue weighted by Crippen LogP contribution is -2.14. The quantitative estimate of drug-likeness (QED) is 0.785. The molecule has 0 saturated carbocycles. The minimum Gasteiger partial charge on any atom is -0.469 e. The summed E-state index contributed by atoms with van der Waals surface area (Å²) in [6, 6.07) is 2.73. The number of ether oxygens (including phenoxy) is 1. The third kappa shape index (κ3) is 5.04. The van der Waals surface area contributed by atoms with Gasteiger partial charge in [0.15, 0.2) is 9.84 Å². The second-order valence-corrected chi connectivity index (χ2v) is 5.79. The van der Waals surface area contributed by atoms with Crippen LogP contribution < -0.4 is 5.32 Å². The molecule has 0 bridgehead atoms. The number of pyridine rings is 1. The Bertz CT molecular complexity index is 565. The zero-order chi connectivity index (χ0) is 14.5. The minimum absolute atomic E-state index is 0.0241. The first-order valence-corrected chi connectivity index (χ1v) is 7.25. The standard InChI is InChI=1S/C11H14N2O5S/c1-18-11(15)6-5-10(14)13-9-4-3-8(7-12-9)19(2,16)17/h3-4,7H,5-6H2,1-2H3,(H,12,13,14). The number of nitrogens with zero attached hydrogens (tertiary/aromatic N) is 1. The van der Waals surface area contributed by atoms with Crippen LogP contribution in [0.25, 0.3) is 0 Å². The van der Waals surface area contributed by atoms with Crippen LogP contribution in [0, 0.1) is 0 Å². The minimum atomic E-state index is -3.31. The van der Waals surface area contributed by atoms with Gasteiger partial charge in [-0.05, 0) is 12.1 Å². The number of sulfone groups is 1. The summed E-state index contributed by atoms with van der Waals surface area (Å²) in [6.07, 6.45) is 2.18. The van der Waals surface area contributed by atoms with Gasteiger partial charge in [-0.1, -0.05) is 0 Å². The fourth-order valence-electron chi connectivity index (χ4n) is 1.20. The second kappa shape index (κ2) is 6.28. The molecule has 1 N–H and O–H groups in total. The number of methoxy groups -OCH3 is 1. The number of amides is 1. The molecular formula is C11H14N2O5S. The van der Waals surface area contributed by atoms with Gasteiger partial charge in [0.05, 0.1) is 18.4 Å². The van der Waals surface area contributed by atoms with Gasteiger partial charge in [0.2, 0.25) is 5.91 Å². The lowest BCUT2D eigenvalue weighted by Gasteiger charge is -2.04. The highest BCUT2D eigenvalue weighted by Crippen LogP contribution is 2.10. The Hall–Kier alpha value is -1.96. The first-order chi connectivity index (χ1) is 8.82. The molecule has 0 aliphatic rings. The highest BCUT2D eigenvalue weighted by atomic mass is 32.2. The smallest absolute Gasteiger partial charge is 0.306 e. The van der Waals surface area contributed by atoms with Crippen molar-refractivity contribution in [2.45, 2.75) is 17.7 Å². The van der Waals surface area contributed by atoms with E-state index < -0.39 is 21.7 Å². The summed E-state index contributed by atoms with van der Waals surface area (Å²) < 4.78 is 26.8. The van der Waals surface area contributed by atoms with E-state index in [1.807, 2.05) is 0 Å². The molecule has 1 heterocycles. The zero-order valence-electron chi connectivity index (χ0n) is 10.5. The fraction of sp³-hybridized carbons (Fsp3) is 0.364. The summed E-state index contributed by atoms with van der Waals surface area (Å²) in [5.41, 5.74) is 0. The Balaban J connectivity index is 2.59. The van der Waals surface area contributed by atoms with E-state index in [2.05, 4.69) is 15.0 Å². The summed E-state index contributed by atoms with van der Waals surface area (Å²) in [5, 5.41) is 2.45. The van der Waals surface area contributed by atoms with E-state index in [0.29, 0.717) is 0 Å². The third-order valence-electron chi connectivity index (χ3n) is 2.22. The van der Waals surface area contributed by atoms with Crippen LogP contribution in [-0.4, -0.2) is 38.6 Å². The van der Waals surface area contributed by atoms with Crippen LogP contribution in [-0.2, 0) is 24.2 Å². The molecule has 1 amide bonds. The van der Waals surface area contributed by atoms with Crippen molar-refractivity contribution in [3.05, 3.63) is 18.3 Å². The Morgan fingerprint density at radius 2 is 2.00 bits per heavy atom. The van der Waals surface area contributed by atoms with Crippen molar-refractivity contribution in [1.29, 1.82) is 0 Å². The highest BCUT2D eigenvalue weighted by molar-refractivity contribution is 7.90. The molecule has 7 nitrogen and oxygen atoms in total. The van der Waals surface area contributed by atoms with Crippen LogP contribution in [0.15, 0.2) is 23.2 Å². The topological polar surface area (TPSA) is 102 Å². The molecule has 0 aromatic carbocycles. The van der Waals surface area contributed by atoms with Crippen LogP contribution in [0.2, 0.25) is 0 Å². The molecule has 104 valence electrons. The molecule has 0 fully saturated rings. The van der Waals surface area contributed by atoms with Gasteiger partial charge in [-0.25, -0.2) is 13.4 Å². The maximum atomic E-state index is 11.4. The van der Waals surface area contributed by atoms with Crippen molar-refractivity contribution in [3.8, 4) is 0 Å². The van der Waals surface area contributed by atoms with Crippen molar-refractivity contribution in [3.63, 3.8) is 0 Å². The van der Waals surface area contributed by atoms with Crippen LogP contribution >= 0.6 is 0 Å². The second-order valence-electron chi connectivity index (χ2n) is 3.78. The van der Waals surface area contributed by atoms with Gasteiger partial charge >= 0.3 is 5.97 Å². The van der Waals surface area contributed by atoms with Gasteiger partial charge in [0, 0.05) is 18.9 Å². The van der Waals surface area contributed by atoms with E-state index in [4.69, 9.17) is 0 Å². The average molecular weight is 286 g/mol. The molecule has 1 aromatic rings. The number of hydrogen-bond donors (Lipinski definition) is 1. The SMILES string of the molecule is COC(=O)CCC(=O)Nc1ccc(S(C)(=O)=O)cn1. The van der Waals surface area contributed by atoms with Crippen molar-refractivity contribution in [2.24, 2.45) is 0 Å². The molecular weight excluding hydrogens is 272 g/mol. The van der Waals surface area contributed by atoms with Gasteiger partial charge in [-0.3, -0.25) is 9.59 Å². The van der Waals surface area contributed by atoms with Crippen LogP contribution in [0.5, 0.6) is 0 Å². The molecule has 0 radical (unpaired) electrons. The van der Waals surface area contributed by atoms with E-state index >= 15 is 0 Å². The van der Waals surface area contributed by atoms with E-state index in [9.17, 15) is 18.0 Å². The number of carbonyl (C=O) groups excluding carboxylic acids is 2. The van der Waals surface area contributed by atoms with E-state index in [1.54, 1.807) is 0 Å². The van der Waals surface area contributed by atoms with Gasteiger partial charge in [-0.2, -0.15) is 0 Å². The van der Waals surface area contributed by atoms with E-state index in [-0.39, 0.29) is 23.6 Å². The highest BCUT2D eigenvalue weighted by Gasteiger charge is 2.10. The number of aromatic nitrogens is 1. The molecule has 1 aromatic heterocycles. The van der Waals surface area contributed by atoms with Gasteiger partial charge in [0.25, 0.3) is 0 Å². The maximum absolute atomic E-state index is 11.4. The molecule has 0 aliphatic heterocycles. The first kappa shape index (κ1) is 15.1. The maximum Gasteiger partial charge on any atom is 0.306 e. The van der Waals surface area contributed by atoms with Gasteiger partial charge in [-0.15, -0.1) is 0 Å². The lowest BCUT2D eigenvalue weighted by atomic mass is 10.3. The number of esters is 1. The third-order valence-corrected chi connectivity index (χ3v) is 3.31. The Kier molecular flexibility index (Phi) is 4.99. The van der Waals surface area contributed by atoms with Crippen LogP contribution in [0.4, 0.5) is 5.82 Å². The molecule has 19 heavy (non-hydrogen) atoms. The summed E-state index contributed by atoms with van der Waals surface area (Å²) in [4.78, 5) is 26.2. The fourth-order valence-corrected chi connectivity index (χ4v) is 1.76. The number of hydrogen-bond acceptors (Lipinski definition) is 6. The molecule has 0 aliphatic carbocycles. The van der Waals surface area contributed by atoms with Gasteiger partial charge < -0.3 is 10.1 Å². The molecule has 0 unspecified atom stereocenters. The Morgan fingerprint density at radius 1 is 1.32 bits per heavy atom. The Labute approximate surface area is 110 Å². The predicted octanol–water partition coefficient (Wildman–Crippen LogP) is 0.377. The number of anilines is 1. The summed E-state index contributed by atoms with van der Waals surface area (Å²) in [7, 11) is -2.07. The number of carbonyl (C=O) groups is 2. The summed E-state index contributed by atoms with van der Waals surface area (Å²) in [5.74, 6) is -0.650. The number of nitrogens with one attached hydrogen (secondary N) is 1. The van der Waals surface area contributed by atoms with Crippen molar-refractivity contribution >= 4 is 27.5 Å². The molecule has 8 heteroatoms.